The Labute approximate surface area is 110 Å². The summed E-state index contributed by atoms with van der Waals surface area (Å²) in [7, 11) is 1.61. The van der Waals surface area contributed by atoms with Gasteiger partial charge in [0.2, 0.25) is 0 Å². The molecule has 2 rings (SSSR count). The fourth-order valence-electron chi connectivity index (χ4n) is 1.80. The number of nitrogens with one attached hydrogen (secondary N) is 1. The van der Waals surface area contributed by atoms with Gasteiger partial charge in [0.05, 0.1) is 12.2 Å². The van der Waals surface area contributed by atoms with Gasteiger partial charge in [0.1, 0.15) is 0 Å². The molecule has 1 N–H and O–H groups in total. The summed E-state index contributed by atoms with van der Waals surface area (Å²) in [6.07, 6.45) is 3.12. The second kappa shape index (κ2) is 5.51. The van der Waals surface area contributed by atoms with Crippen molar-refractivity contribution < 1.29 is 0 Å². The molecule has 0 amide bonds. The van der Waals surface area contributed by atoms with E-state index in [1.54, 1.807) is 13.2 Å². The van der Waals surface area contributed by atoms with Gasteiger partial charge in [0.15, 0.2) is 0 Å². The molecule has 0 bridgehead atoms. The molecule has 0 saturated heterocycles. The van der Waals surface area contributed by atoms with E-state index in [1.807, 2.05) is 19.1 Å². The first-order valence-electron chi connectivity index (χ1n) is 6.07. The summed E-state index contributed by atoms with van der Waals surface area (Å²) < 4.78 is 2.54. The first kappa shape index (κ1) is 13.1. The molecule has 0 aliphatic heterocycles. The average Bonchev–Trinajstić information content (AvgIpc) is 2.40. The maximum absolute atomic E-state index is 11.9. The van der Waals surface area contributed by atoms with E-state index >= 15 is 0 Å². The molecule has 0 unspecified atom stereocenters. The zero-order chi connectivity index (χ0) is 13.8. The Bertz CT molecular complexity index is 688. The number of hydrogen-bond donors (Lipinski definition) is 1. The molecule has 0 radical (unpaired) electrons. The fourth-order valence-corrected chi connectivity index (χ4v) is 1.80. The fraction of sp³-hybridized carbons (Fsp3) is 0.308. The van der Waals surface area contributed by atoms with Crippen LogP contribution < -0.4 is 16.6 Å². The molecule has 0 aliphatic carbocycles. The van der Waals surface area contributed by atoms with Crippen LogP contribution in [0.25, 0.3) is 0 Å². The number of rotatable bonds is 4. The van der Waals surface area contributed by atoms with Crippen LogP contribution in [0.2, 0.25) is 0 Å². The minimum absolute atomic E-state index is 0.172. The van der Waals surface area contributed by atoms with Gasteiger partial charge in [-0.15, -0.1) is 0 Å². The summed E-state index contributed by atoms with van der Waals surface area (Å²) >= 11 is 0. The molecule has 100 valence electrons. The summed E-state index contributed by atoms with van der Waals surface area (Å²) in [6.45, 7) is 2.97. The number of aryl methyl sites for hydroxylation is 1. The van der Waals surface area contributed by atoms with Crippen molar-refractivity contribution in [1.29, 1.82) is 0 Å². The molecule has 6 heteroatoms. The Morgan fingerprint density at radius 1 is 1.32 bits per heavy atom. The maximum atomic E-state index is 11.9. The van der Waals surface area contributed by atoms with Crippen molar-refractivity contribution in [2.75, 3.05) is 11.9 Å². The smallest absolute Gasteiger partial charge is 0.331 e. The first-order valence-corrected chi connectivity index (χ1v) is 6.07. The van der Waals surface area contributed by atoms with E-state index in [9.17, 15) is 9.59 Å². The van der Waals surface area contributed by atoms with Gasteiger partial charge in [-0.3, -0.25) is 14.3 Å². The molecule has 0 aromatic carbocycles. The molecule has 6 nitrogen and oxygen atoms in total. The van der Waals surface area contributed by atoms with Crippen LogP contribution in [0.5, 0.6) is 0 Å². The normalized spacial score (nSPS) is 10.4. The first-order chi connectivity index (χ1) is 9.11. The van der Waals surface area contributed by atoms with Crippen LogP contribution in [-0.2, 0) is 13.6 Å². The second-order valence-corrected chi connectivity index (χ2v) is 4.20. The lowest BCUT2D eigenvalue weighted by Gasteiger charge is -2.08. The third-order valence-corrected chi connectivity index (χ3v) is 2.76. The van der Waals surface area contributed by atoms with E-state index in [0.29, 0.717) is 5.69 Å². The van der Waals surface area contributed by atoms with Crippen LogP contribution in [-0.4, -0.2) is 20.7 Å². The predicted molar refractivity (Wildman–Crippen MR) is 73.4 cm³/mol. The zero-order valence-electron chi connectivity index (χ0n) is 11.0. The van der Waals surface area contributed by atoms with Gasteiger partial charge < -0.3 is 9.88 Å². The van der Waals surface area contributed by atoms with Crippen LogP contribution in [0.4, 0.5) is 5.69 Å². The third kappa shape index (κ3) is 2.90. The lowest BCUT2D eigenvalue weighted by atomic mass is 10.3. The van der Waals surface area contributed by atoms with Crippen molar-refractivity contribution in [3.63, 3.8) is 0 Å². The second-order valence-electron chi connectivity index (χ2n) is 4.20. The average molecular weight is 260 g/mol. The molecule has 0 atom stereocenters. The quantitative estimate of drug-likeness (QED) is 0.865. The number of aromatic nitrogens is 3. The Kier molecular flexibility index (Phi) is 3.79. The lowest BCUT2D eigenvalue weighted by Crippen LogP contribution is -2.38. The molecule has 0 fully saturated rings. The monoisotopic (exact) mass is 260 g/mol. The summed E-state index contributed by atoms with van der Waals surface area (Å²) in [6, 6.07) is 5.05. The van der Waals surface area contributed by atoms with Gasteiger partial charge in [-0.05, 0) is 19.1 Å². The van der Waals surface area contributed by atoms with E-state index in [4.69, 9.17) is 0 Å². The van der Waals surface area contributed by atoms with Crippen molar-refractivity contribution in [2.45, 2.75) is 13.5 Å². The van der Waals surface area contributed by atoms with Crippen molar-refractivity contribution >= 4 is 5.69 Å². The van der Waals surface area contributed by atoms with Crippen molar-refractivity contribution in [3.05, 3.63) is 57.1 Å². The molecule has 19 heavy (non-hydrogen) atoms. The van der Waals surface area contributed by atoms with E-state index in [0.717, 1.165) is 16.8 Å². The SMILES string of the molecule is CCNc1ccnc(Cn2c(=O)ccn(C)c2=O)c1. The maximum Gasteiger partial charge on any atom is 0.331 e. The summed E-state index contributed by atoms with van der Waals surface area (Å²) in [5, 5.41) is 3.16. The Morgan fingerprint density at radius 2 is 2.11 bits per heavy atom. The molecular weight excluding hydrogens is 244 g/mol. The Balaban J connectivity index is 2.36. The van der Waals surface area contributed by atoms with Gasteiger partial charge in [-0.1, -0.05) is 0 Å². The van der Waals surface area contributed by atoms with Crippen molar-refractivity contribution in [1.82, 2.24) is 14.1 Å². The minimum atomic E-state index is -0.344. The molecular formula is C13H16N4O2. The van der Waals surface area contributed by atoms with Gasteiger partial charge in [-0.2, -0.15) is 0 Å². The molecule has 0 saturated carbocycles. The van der Waals surface area contributed by atoms with Crippen LogP contribution >= 0.6 is 0 Å². The summed E-state index contributed by atoms with van der Waals surface area (Å²) in [5.41, 5.74) is 0.930. The van der Waals surface area contributed by atoms with Crippen LogP contribution in [0.1, 0.15) is 12.6 Å². The largest absolute Gasteiger partial charge is 0.385 e. The molecule has 2 aromatic heterocycles. The van der Waals surface area contributed by atoms with Gasteiger partial charge >= 0.3 is 5.69 Å². The number of pyridine rings is 1. The number of hydrogen-bond acceptors (Lipinski definition) is 4. The molecule has 2 aromatic rings. The van der Waals surface area contributed by atoms with E-state index in [-0.39, 0.29) is 17.8 Å². The highest BCUT2D eigenvalue weighted by molar-refractivity contribution is 5.42. The minimum Gasteiger partial charge on any atom is -0.385 e. The topological polar surface area (TPSA) is 68.9 Å². The molecule has 0 aliphatic rings. The van der Waals surface area contributed by atoms with Crippen LogP contribution in [0.3, 0.4) is 0 Å². The van der Waals surface area contributed by atoms with E-state index < -0.39 is 0 Å². The Hall–Kier alpha value is -2.37. The highest BCUT2D eigenvalue weighted by Gasteiger charge is 2.05. The zero-order valence-corrected chi connectivity index (χ0v) is 11.0. The predicted octanol–water partition coefficient (Wildman–Crippen LogP) is 0.422. The van der Waals surface area contributed by atoms with E-state index in [2.05, 4.69) is 10.3 Å². The highest BCUT2D eigenvalue weighted by Crippen LogP contribution is 2.07. The van der Waals surface area contributed by atoms with Gasteiger partial charge in [0.25, 0.3) is 5.56 Å². The highest BCUT2D eigenvalue weighted by atomic mass is 16.2. The standard InChI is InChI=1S/C13H16N4O2/c1-3-14-10-4-6-15-11(8-10)9-17-12(18)5-7-16(2)13(17)19/h4-8H,3,9H2,1-2H3,(H,14,15). The third-order valence-electron chi connectivity index (χ3n) is 2.76. The van der Waals surface area contributed by atoms with Crippen LogP contribution in [0, 0.1) is 0 Å². The van der Waals surface area contributed by atoms with Crippen LogP contribution in [0.15, 0.2) is 40.2 Å². The van der Waals surface area contributed by atoms with Gasteiger partial charge in [-0.25, -0.2) is 4.79 Å². The van der Waals surface area contributed by atoms with E-state index in [1.165, 1.54) is 16.8 Å². The Morgan fingerprint density at radius 3 is 2.84 bits per heavy atom. The summed E-state index contributed by atoms with van der Waals surface area (Å²) in [4.78, 5) is 27.8. The van der Waals surface area contributed by atoms with Crippen molar-refractivity contribution in [2.24, 2.45) is 7.05 Å². The molecule has 2 heterocycles. The summed E-state index contributed by atoms with van der Waals surface area (Å²) in [5.74, 6) is 0. The number of nitrogens with zero attached hydrogens (tertiary/aromatic N) is 3. The van der Waals surface area contributed by atoms with Crippen molar-refractivity contribution in [3.8, 4) is 0 Å². The number of anilines is 1. The van der Waals surface area contributed by atoms with Gasteiger partial charge in [0, 0.05) is 37.7 Å². The lowest BCUT2D eigenvalue weighted by molar-refractivity contribution is 0.631. The molecule has 0 spiro atoms.